The number of hydrogen-bond acceptors (Lipinski definition) is 3. The Balaban J connectivity index is 2.62. The number of carbonyl (C=O) groups excluding carboxylic acids is 1. The van der Waals surface area contributed by atoms with Gasteiger partial charge in [-0.1, -0.05) is 13.8 Å². The lowest BCUT2D eigenvalue weighted by Crippen LogP contribution is -2.29. The van der Waals surface area contributed by atoms with E-state index in [9.17, 15) is 4.79 Å². The van der Waals surface area contributed by atoms with E-state index in [4.69, 9.17) is 5.73 Å². The summed E-state index contributed by atoms with van der Waals surface area (Å²) in [5.41, 5.74) is 5.61. The first-order valence-corrected chi connectivity index (χ1v) is 6.62. The van der Waals surface area contributed by atoms with E-state index in [1.807, 2.05) is 26.0 Å². The minimum Gasteiger partial charge on any atom is -0.330 e. The molecule has 84 valence electrons. The monoisotopic (exact) mass is 289 g/mol. The fourth-order valence-electron chi connectivity index (χ4n) is 1.52. The molecule has 4 heteroatoms. The highest BCUT2D eigenvalue weighted by atomic mass is 79.9. The third kappa shape index (κ3) is 3.70. The molecule has 2 N–H and O–H groups in total. The van der Waals surface area contributed by atoms with Gasteiger partial charge in [-0.25, -0.2) is 0 Å². The smallest absolute Gasteiger partial charge is 0.142 e. The third-order valence-electron chi connectivity index (χ3n) is 2.45. The fraction of sp³-hybridized carbons (Fsp3) is 0.545. The first-order chi connectivity index (χ1) is 7.04. The fourth-order valence-corrected chi connectivity index (χ4v) is 3.02. The van der Waals surface area contributed by atoms with Crippen LogP contribution in [0.5, 0.6) is 0 Å². The molecule has 0 spiro atoms. The summed E-state index contributed by atoms with van der Waals surface area (Å²) in [6, 6.07) is 3.96. The molecule has 0 aliphatic heterocycles. The van der Waals surface area contributed by atoms with Crippen molar-refractivity contribution in [1.29, 1.82) is 0 Å². The minimum atomic E-state index is -0.00845. The number of rotatable bonds is 5. The number of nitrogens with two attached hydrogens (primary N) is 1. The number of carbonyl (C=O) groups is 1. The Hall–Kier alpha value is -0.190. The number of hydrogen-bond donors (Lipinski definition) is 1. The van der Waals surface area contributed by atoms with Crippen molar-refractivity contribution in [2.24, 2.45) is 17.6 Å². The molecule has 2 nitrogen and oxygen atoms in total. The highest BCUT2D eigenvalue weighted by Gasteiger charge is 2.20. The number of ketones is 1. The van der Waals surface area contributed by atoms with Crippen LogP contribution >= 0.6 is 27.3 Å². The van der Waals surface area contributed by atoms with Crippen molar-refractivity contribution in [1.82, 2.24) is 0 Å². The lowest BCUT2D eigenvalue weighted by Gasteiger charge is -2.16. The molecule has 0 amide bonds. The molecule has 0 aliphatic rings. The van der Waals surface area contributed by atoms with Gasteiger partial charge in [0, 0.05) is 23.8 Å². The molecular formula is C11H16BrNOS. The number of Topliss-reactive ketones (excluding diaryl/α,β-unsaturated/α-hetero) is 1. The maximum absolute atomic E-state index is 11.9. The zero-order chi connectivity index (χ0) is 11.4. The molecule has 1 unspecified atom stereocenters. The molecule has 0 aromatic carbocycles. The van der Waals surface area contributed by atoms with Crippen molar-refractivity contribution >= 4 is 33.0 Å². The molecule has 0 saturated carbocycles. The normalized spacial score (nSPS) is 13.1. The van der Waals surface area contributed by atoms with E-state index in [2.05, 4.69) is 15.9 Å². The topological polar surface area (TPSA) is 43.1 Å². The Morgan fingerprint density at radius 1 is 1.53 bits per heavy atom. The summed E-state index contributed by atoms with van der Waals surface area (Å²) in [7, 11) is 0. The first kappa shape index (κ1) is 12.9. The Morgan fingerprint density at radius 3 is 2.60 bits per heavy atom. The maximum atomic E-state index is 11.9. The molecule has 0 radical (unpaired) electrons. The van der Waals surface area contributed by atoms with Crippen LogP contribution in [-0.2, 0) is 11.2 Å². The van der Waals surface area contributed by atoms with Crippen LogP contribution in [0, 0.1) is 11.8 Å². The van der Waals surface area contributed by atoms with Gasteiger partial charge in [0.25, 0.3) is 0 Å². The lowest BCUT2D eigenvalue weighted by atomic mass is 9.90. The van der Waals surface area contributed by atoms with Gasteiger partial charge >= 0.3 is 0 Å². The molecule has 0 bridgehead atoms. The van der Waals surface area contributed by atoms with Crippen LogP contribution in [0.25, 0.3) is 0 Å². The molecule has 0 fully saturated rings. The Morgan fingerprint density at radius 2 is 2.20 bits per heavy atom. The Labute approximate surface area is 103 Å². The van der Waals surface area contributed by atoms with Crippen LogP contribution in [0.15, 0.2) is 15.9 Å². The van der Waals surface area contributed by atoms with Crippen LogP contribution in [-0.4, -0.2) is 12.3 Å². The van der Waals surface area contributed by atoms with Crippen LogP contribution in [0.3, 0.4) is 0 Å². The Kier molecular flexibility index (Phi) is 4.96. The summed E-state index contributed by atoms with van der Waals surface area (Å²) in [5.74, 6) is 0.568. The molecular weight excluding hydrogens is 274 g/mol. The van der Waals surface area contributed by atoms with Gasteiger partial charge in [-0.05, 0) is 34.0 Å². The van der Waals surface area contributed by atoms with E-state index in [0.717, 1.165) is 8.66 Å². The molecule has 15 heavy (non-hydrogen) atoms. The second-order valence-electron chi connectivity index (χ2n) is 3.94. The molecule has 1 aromatic rings. The molecule has 1 rings (SSSR count). The van der Waals surface area contributed by atoms with Gasteiger partial charge in [-0.3, -0.25) is 4.79 Å². The van der Waals surface area contributed by atoms with Gasteiger partial charge in [0.05, 0.1) is 3.79 Å². The Bertz CT molecular complexity index is 335. The summed E-state index contributed by atoms with van der Waals surface area (Å²) in [6.45, 7) is 4.53. The first-order valence-electron chi connectivity index (χ1n) is 5.01. The van der Waals surface area contributed by atoms with Crippen molar-refractivity contribution in [2.45, 2.75) is 20.3 Å². The second kappa shape index (κ2) is 5.77. The van der Waals surface area contributed by atoms with E-state index < -0.39 is 0 Å². The van der Waals surface area contributed by atoms with E-state index in [1.165, 1.54) is 0 Å². The van der Waals surface area contributed by atoms with Crippen molar-refractivity contribution in [2.75, 3.05) is 6.54 Å². The van der Waals surface area contributed by atoms with Crippen molar-refractivity contribution in [3.63, 3.8) is 0 Å². The van der Waals surface area contributed by atoms with Crippen molar-refractivity contribution < 1.29 is 4.79 Å². The summed E-state index contributed by atoms with van der Waals surface area (Å²) in [4.78, 5) is 13.0. The average molecular weight is 290 g/mol. The highest BCUT2D eigenvalue weighted by molar-refractivity contribution is 9.11. The van der Waals surface area contributed by atoms with Gasteiger partial charge < -0.3 is 5.73 Å². The largest absolute Gasteiger partial charge is 0.330 e. The number of halogens is 1. The predicted octanol–water partition coefficient (Wildman–Crippen LogP) is 2.85. The van der Waals surface area contributed by atoms with Gasteiger partial charge in [0.1, 0.15) is 5.78 Å². The standard InChI is InChI=1S/C11H16BrNOS/c1-7(2)9(6-13)10(14)5-8-3-4-11(12)15-8/h3-4,7,9H,5-6,13H2,1-2H3. The van der Waals surface area contributed by atoms with E-state index in [1.54, 1.807) is 11.3 Å². The van der Waals surface area contributed by atoms with Crippen molar-refractivity contribution in [3.05, 3.63) is 20.8 Å². The SMILES string of the molecule is CC(C)C(CN)C(=O)Cc1ccc(Br)s1. The second-order valence-corrected chi connectivity index (χ2v) is 6.48. The number of thiophene rings is 1. The van der Waals surface area contributed by atoms with E-state index >= 15 is 0 Å². The third-order valence-corrected chi connectivity index (χ3v) is 4.07. The van der Waals surface area contributed by atoms with E-state index in [0.29, 0.717) is 18.9 Å². The maximum Gasteiger partial charge on any atom is 0.142 e. The van der Waals surface area contributed by atoms with Crippen LogP contribution in [0.4, 0.5) is 0 Å². The zero-order valence-electron chi connectivity index (χ0n) is 9.00. The summed E-state index contributed by atoms with van der Waals surface area (Å²) in [5, 5.41) is 0. The molecule has 0 saturated heterocycles. The van der Waals surface area contributed by atoms with Crippen LogP contribution in [0.1, 0.15) is 18.7 Å². The quantitative estimate of drug-likeness (QED) is 0.906. The molecule has 1 heterocycles. The zero-order valence-corrected chi connectivity index (χ0v) is 11.4. The van der Waals surface area contributed by atoms with Crippen LogP contribution < -0.4 is 5.73 Å². The molecule has 1 aromatic heterocycles. The lowest BCUT2D eigenvalue weighted by molar-refractivity contribution is -0.123. The predicted molar refractivity (Wildman–Crippen MR) is 68.1 cm³/mol. The molecule has 0 aliphatic carbocycles. The minimum absolute atomic E-state index is 0.00845. The van der Waals surface area contributed by atoms with Gasteiger partial charge in [-0.15, -0.1) is 11.3 Å². The summed E-state index contributed by atoms with van der Waals surface area (Å²) < 4.78 is 1.07. The van der Waals surface area contributed by atoms with Gasteiger partial charge in [-0.2, -0.15) is 0 Å². The average Bonchev–Trinajstić information content (AvgIpc) is 2.51. The van der Waals surface area contributed by atoms with Crippen molar-refractivity contribution in [3.8, 4) is 0 Å². The summed E-state index contributed by atoms with van der Waals surface area (Å²) >= 11 is 5.00. The molecule has 1 atom stereocenters. The highest BCUT2D eigenvalue weighted by Crippen LogP contribution is 2.24. The van der Waals surface area contributed by atoms with E-state index in [-0.39, 0.29) is 11.7 Å². The van der Waals surface area contributed by atoms with Crippen LogP contribution in [0.2, 0.25) is 0 Å². The summed E-state index contributed by atoms with van der Waals surface area (Å²) in [6.07, 6.45) is 0.510. The van der Waals surface area contributed by atoms with Gasteiger partial charge in [0.2, 0.25) is 0 Å². The van der Waals surface area contributed by atoms with Gasteiger partial charge in [0.15, 0.2) is 0 Å².